The van der Waals surface area contributed by atoms with Gasteiger partial charge in [0.1, 0.15) is 12.4 Å². The molecule has 208 valence electrons. The highest BCUT2D eigenvalue weighted by molar-refractivity contribution is 9.10. The minimum Gasteiger partial charge on any atom is -0.490 e. The normalized spacial score (nSPS) is 12.2. The summed E-state index contributed by atoms with van der Waals surface area (Å²) in [5.74, 6) is 1.79. The summed E-state index contributed by atoms with van der Waals surface area (Å²) >= 11 is 15.9. The largest absolute Gasteiger partial charge is 0.490 e. The van der Waals surface area contributed by atoms with E-state index < -0.39 is 0 Å². The fourth-order valence-corrected chi connectivity index (χ4v) is 5.01. The van der Waals surface area contributed by atoms with Crippen molar-refractivity contribution < 1.29 is 9.47 Å². The maximum absolute atomic E-state index is 13.5. The van der Waals surface area contributed by atoms with Gasteiger partial charge in [0.2, 0.25) is 0 Å². The van der Waals surface area contributed by atoms with Gasteiger partial charge in [-0.1, -0.05) is 65.1 Å². The van der Waals surface area contributed by atoms with Gasteiger partial charge in [-0.05, 0) is 67.8 Å². The van der Waals surface area contributed by atoms with Crippen LogP contribution >= 0.6 is 39.1 Å². The van der Waals surface area contributed by atoms with Crippen molar-refractivity contribution in [3.63, 3.8) is 0 Å². The standard InChI is InChI=1S/C31H30BrCl2N3O3/c1-5-8-21-13-20(14-28(39-7-3)29(21)40-18-22-9-11-24(33)16-26(22)34)17-35-37-30(19(4)6-2)36-27-12-10-23(32)15-25(27)31(37)38/h5,9-17,19H,1,6-8,18H2,2-4H3/t19-/m0/s1. The topological polar surface area (TPSA) is 65.7 Å². The fraction of sp³-hybridized carbons (Fsp3) is 0.258. The number of ether oxygens (including phenoxy) is 2. The van der Waals surface area contributed by atoms with E-state index >= 15 is 0 Å². The predicted molar refractivity (Wildman–Crippen MR) is 168 cm³/mol. The molecule has 1 aromatic heterocycles. The molecule has 0 saturated carbocycles. The zero-order valence-electron chi connectivity index (χ0n) is 22.6. The molecular weight excluding hydrogens is 613 g/mol. The van der Waals surface area contributed by atoms with Crippen LogP contribution in [-0.4, -0.2) is 22.5 Å². The molecular formula is C31H30BrCl2N3O3. The van der Waals surface area contributed by atoms with Crippen LogP contribution in [0, 0.1) is 0 Å². The first-order valence-corrected chi connectivity index (χ1v) is 14.5. The lowest BCUT2D eigenvalue weighted by Gasteiger charge is -2.17. The number of allylic oxidation sites excluding steroid dienone is 1. The molecule has 3 aromatic carbocycles. The maximum atomic E-state index is 13.5. The van der Waals surface area contributed by atoms with Gasteiger partial charge in [0.05, 0.1) is 23.7 Å². The monoisotopic (exact) mass is 641 g/mol. The van der Waals surface area contributed by atoms with E-state index in [1.807, 2.05) is 44.2 Å². The van der Waals surface area contributed by atoms with E-state index in [9.17, 15) is 4.79 Å². The summed E-state index contributed by atoms with van der Waals surface area (Å²) in [5.41, 5.74) is 2.82. The third kappa shape index (κ3) is 6.77. The van der Waals surface area contributed by atoms with Crippen molar-refractivity contribution in [1.82, 2.24) is 9.66 Å². The number of hydrogen-bond donors (Lipinski definition) is 0. The van der Waals surface area contributed by atoms with Gasteiger partial charge >= 0.3 is 0 Å². The summed E-state index contributed by atoms with van der Waals surface area (Å²) < 4.78 is 14.4. The molecule has 0 radical (unpaired) electrons. The summed E-state index contributed by atoms with van der Waals surface area (Å²) in [6, 6.07) is 14.6. The molecule has 0 aliphatic carbocycles. The van der Waals surface area contributed by atoms with Gasteiger partial charge in [-0.3, -0.25) is 4.79 Å². The molecule has 0 amide bonds. The molecule has 0 unspecified atom stereocenters. The highest BCUT2D eigenvalue weighted by Crippen LogP contribution is 2.35. The van der Waals surface area contributed by atoms with E-state index in [2.05, 4.69) is 34.5 Å². The Hall–Kier alpha value is -3.13. The summed E-state index contributed by atoms with van der Waals surface area (Å²) in [4.78, 5) is 18.3. The van der Waals surface area contributed by atoms with E-state index in [1.165, 1.54) is 4.68 Å². The van der Waals surface area contributed by atoms with E-state index in [0.717, 1.165) is 27.6 Å². The molecule has 40 heavy (non-hydrogen) atoms. The van der Waals surface area contributed by atoms with Crippen molar-refractivity contribution >= 4 is 56.2 Å². The zero-order valence-corrected chi connectivity index (χ0v) is 25.7. The van der Waals surface area contributed by atoms with Crippen LogP contribution in [0.25, 0.3) is 10.9 Å². The molecule has 0 spiro atoms. The Morgan fingerprint density at radius 1 is 1.10 bits per heavy atom. The molecule has 9 heteroatoms. The number of aromatic nitrogens is 2. The lowest BCUT2D eigenvalue weighted by Crippen LogP contribution is -2.23. The highest BCUT2D eigenvalue weighted by atomic mass is 79.9. The average Bonchev–Trinajstić information content (AvgIpc) is 2.93. The van der Waals surface area contributed by atoms with Crippen LogP contribution in [0.5, 0.6) is 11.5 Å². The van der Waals surface area contributed by atoms with Crippen molar-refractivity contribution in [3.05, 3.63) is 109 Å². The molecule has 0 saturated heterocycles. The van der Waals surface area contributed by atoms with Gasteiger partial charge in [-0.2, -0.15) is 9.78 Å². The molecule has 6 nitrogen and oxygen atoms in total. The van der Waals surface area contributed by atoms with Gasteiger partial charge in [0.15, 0.2) is 11.5 Å². The van der Waals surface area contributed by atoms with Crippen LogP contribution in [-0.2, 0) is 13.0 Å². The quantitative estimate of drug-likeness (QED) is 0.121. The number of benzene rings is 3. The smallest absolute Gasteiger partial charge is 0.282 e. The molecule has 4 aromatic rings. The Morgan fingerprint density at radius 3 is 2.60 bits per heavy atom. The third-order valence-corrected chi connectivity index (χ3v) is 7.49. The minimum absolute atomic E-state index is 0.0312. The number of hydrogen-bond acceptors (Lipinski definition) is 5. The Bertz CT molecular complexity index is 1630. The summed E-state index contributed by atoms with van der Waals surface area (Å²) in [7, 11) is 0. The van der Waals surface area contributed by atoms with Gasteiger partial charge in [0.25, 0.3) is 5.56 Å². The van der Waals surface area contributed by atoms with E-state index in [1.54, 1.807) is 30.5 Å². The molecule has 4 rings (SSSR count). The second kappa shape index (κ2) is 13.5. The minimum atomic E-state index is -0.228. The maximum Gasteiger partial charge on any atom is 0.282 e. The number of nitrogens with zero attached hydrogens (tertiary/aromatic N) is 3. The van der Waals surface area contributed by atoms with Crippen LogP contribution in [0.15, 0.2) is 75.6 Å². The average molecular weight is 643 g/mol. The van der Waals surface area contributed by atoms with E-state index in [-0.39, 0.29) is 18.1 Å². The lowest BCUT2D eigenvalue weighted by molar-refractivity contribution is 0.267. The second-order valence-electron chi connectivity index (χ2n) is 9.26. The Morgan fingerprint density at radius 2 is 1.90 bits per heavy atom. The summed E-state index contributed by atoms with van der Waals surface area (Å²) in [6.07, 6.45) is 4.79. The Balaban J connectivity index is 1.77. The fourth-order valence-electron chi connectivity index (χ4n) is 4.18. The molecule has 1 atom stereocenters. The Labute approximate surface area is 252 Å². The van der Waals surface area contributed by atoms with Crippen molar-refractivity contribution in [3.8, 4) is 11.5 Å². The first-order chi connectivity index (χ1) is 19.2. The van der Waals surface area contributed by atoms with Crippen molar-refractivity contribution in [2.75, 3.05) is 6.61 Å². The SMILES string of the molecule is C=CCc1cc(C=Nn2c([C@@H](C)CC)nc3ccc(Br)cc3c2=O)cc(OCC)c1OCc1ccc(Cl)cc1Cl. The zero-order chi connectivity index (χ0) is 28.8. The van der Waals surface area contributed by atoms with Crippen LogP contribution in [0.3, 0.4) is 0 Å². The van der Waals surface area contributed by atoms with Crippen molar-refractivity contribution in [1.29, 1.82) is 0 Å². The number of fused-ring (bicyclic) bond motifs is 1. The van der Waals surface area contributed by atoms with Gasteiger partial charge < -0.3 is 9.47 Å². The first kappa shape index (κ1) is 29.8. The third-order valence-electron chi connectivity index (χ3n) is 6.41. The number of rotatable bonds is 11. The highest BCUT2D eigenvalue weighted by Gasteiger charge is 2.17. The van der Waals surface area contributed by atoms with Crippen LogP contribution < -0.4 is 15.0 Å². The Kier molecular flexibility index (Phi) is 10.1. The van der Waals surface area contributed by atoms with Crippen LogP contribution in [0.1, 0.15) is 55.6 Å². The van der Waals surface area contributed by atoms with Crippen molar-refractivity contribution in [2.24, 2.45) is 5.10 Å². The van der Waals surface area contributed by atoms with Gasteiger partial charge in [-0.15, -0.1) is 6.58 Å². The molecule has 0 aliphatic heterocycles. The number of halogens is 3. The van der Waals surface area contributed by atoms with E-state index in [4.69, 9.17) is 37.7 Å². The van der Waals surface area contributed by atoms with Crippen molar-refractivity contribution in [2.45, 2.75) is 46.1 Å². The molecule has 1 heterocycles. The molecule has 0 bridgehead atoms. The van der Waals surface area contributed by atoms with Gasteiger partial charge in [0, 0.05) is 31.6 Å². The summed E-state index contributed by atoms with van der Waals surface area (Å²) in [5, 5.41) is 6.20. The first-order valence-electron chi connectivity index (χ1n) is 13.0. The predicted octanol–water partition coefficient (Wildman–Crippen LogP) is 8.57. The van der Waals surface area contributed by atoms with Crippen LogP contribution in [0.4, 0.5) is 0 Å². The lowest BCUT2D eigenvalue weighted by atomic mass is 10.1. The van der Waals surface area contributed by atoms with E-state index in [0.29, 0.717) is 51.3 Å². The van der Waals surface area contributed by atoms with Crippen LogP contribution in [0.2, 0.25) is 10.0 Å². The molecule has 0 fully saturated rings. The second-order valence-corrected chi connectivity index (χ2v) is 11.0. The molecule has 0 N–H and O–H groups in total. The van der Waals surface area contributed by atoms with Gasteiger partial charge in [-0.25, -0.2) is 4.98 Å². The summed E-state index contributed by atoms with van der Waals surface area (Å²) in [6.45, 7) is 10.6. The molecule has 0 aliphatic rings.